The predicted molar refractivity (Wildman–Crippen MR) is 71.4 cm³/mol. The third-order valence-electron chi connectivity index (χ3n) is 2.51. The lowest BCUT2D eigenvalue weighted by molar-refractivity contribution is -0.153. The van der Waals surface area contributed by atoms with Crippen molar-refractivity contribution in [2.45, 2.75) is 13.3 Å². The molecule has 0 saturated carbocycles. The molecule has 1 aromatic rings. The first-order valence-corrected chi connectivity index (χ1v) is 5.96. The summed E-state index contributed by atoms with van der Waals surface area (Å²) in [6.45, 7) is 1.72. The van der Waals surface area contributed by atoms with Crippen LogP contribution in [0.2, 0.25) is 0 Å². The van der Waals surface area contributed by atoms with Crippen LogP contribution in [0.15, 0.2) is 24.3 Å². The second-order valence-electron chi connectivity index (χ2n) is 4.19. The van der Waals surface area contributed by atoms with Gasteiger partial charge in [-0.2, -0.15) is 0 Å². The average molecular weight is 263 g/mol. The number of benzene rings is 1. The molecule has 0 fully saturated rings. The summed E-state index contributed by atoms with van der Waals surface area (Å²) in [7, 11) is 3.71. The Bertz CT molecular complexity index is 494. The van der Waals surface area contributed by atoms with Crippen LogP contribution in [0.3, 0.4) is 0 Å². The molecule has 0 aromatic heterocycles. The highest BCUT2D eigenvalue weighted by Gasteiger charge is 2.20. The Morgan fingerprint density at radius 2 is 1.89 bits per heavy atom. The van der Waals surface area contributed by atoms with Crippen molar-refractivity contribution in [3.05, 3.63) is 29.8 Å². The largest absolute Gasteiger partial charge is 0.460 e. The van der Waals surface area contributed by atoms with E-state index in [2.05, 4.69) is 4.74 Å². The topological polar surface area (TPSA) is 63.7 Å². The first-order valence-electron chi connectivity index (χ1n) is 5.96. The van der Waals surface area contributed by atoms with Gasteiger partial charge in [-0.15, -0.1) is 0 Å². The van der Waals surface area contributed by atoms with Gasteiger partial charge in [-0.1, -0.05) is 12.1 Å². The summed E-state index contributed by atoms with van der Waals surface area (Å²) in [6, 6.07) is 6.88. The molecule has 102 valence electrons. The highest BCUT2D eigenvalue weighted by molar-refractivity contribution is 6.38. The summed E-state index contributed by atoms with van der Waals surface area (Å²) in [4.78, 5) is 36.3. The van der Waals surface area contributed by atoms with Gasteiger partial charge < -0.3 is 9.64 Å². The van der Waals surface area contributed by atoms with E-state index in [0.29, 0.717) is 5.56 Å². The third-order valence-corrected chi connectivity index (χ3v) is 2.51. The molecule has 0 aliphatic carbocycles. The van der Waals surface area contributed by atoms with Crippen LogP contribution in [0.25, 0.3) is 0 Å². The summed E-state index contributed by atoms with van der Waals surface area (Å²) >= 11 is 0. The number of ketones is 2. The van der Waals surface area contributed by atoms with Crippen LogP contribution >= 0.6 is 0 Å². The normalized spacial score (nSPS) is 9.84. The third kappa shape index (κ3) is 4.21. The van der Waals surface area contributed by atoms with Crippen LogP contribution in [0.1, 0.15) is 23.7 Å². The van der Waals surface area contributed by atoms with Crippen LogP contribution in [-0.2, 0) is 14.3 Å². The zero-order valence-electron chi connectivity index (χ0n) is 11.3. The maximum absolute atomic E-state index is 11.9. The molecule has 19 heavy (non-hydrogen) atoms. The number of hydrogen-bond acceptors (Lipinski definition) is 5. The molecule has 0 amide bonds. The van der Waals surface area contributed by atoms with Gasteiger partial charge in [0.2, 0.25) is 5.78 Å². The van der Waals surface area contributed by atoms with Crippen molar-refractivity contribution in [3.8, 4) is 0 Å². The van der Waals surface area contributed by atoms with Gasteiger partial charge in [-0.3, -0.25) is 9.59 Å². The predicted octanol–water partition coefficient (Wildman–Crippen LogP) is 1.46. The van der Waals surface area contributed by atoms with E-state index in [1.165, 1.54) is 0 Å². The van der Waals surface area contributed by atoms with Gasteiger partial charge in [0, 0.05) is 25.3 Å². The molecule has 0 heterocycles. The van der Waals surface area contributed by atoms with E-state index < -0.39 is 18.2 Å². The molecule has 5 heteroatoms. The second kappa shape index (κ2) is 6.68. The van der Waals surface area contributed by atoms with Crippen LogP contribution < -0.4 is 4.90 Å². The van der Waals surface area contributed by atoms with Gasteiger partial charge >= 0.3 is 5.97 Å². The van der Waals surface area contributed by atoms with E-state index in [-0.39, 0.29) is 12.4 Å². The first-order chi connectivity index (χ1) is 8.95. The van der Waals surface area contributed by atoms with Gasteiger partial charge in [0.1, 0.15) is 0 Å². The van der Waals surface area contributed by atoms with Crippen molar-refractivity contribution in [3.63, 3.8) is 0 Å². The van der Waals surface area contributed by atoms with Gasteiger partial charge in [0.25, 0.3) is 0 Å². The molecule has 1 aromatic carbocycles. The second-order valence-corrected chi connectivity index (χ2v) is 4.19. The minimum atomic E-state index is -0.959. The van der Waals surface area contributed by atoms with E-state index in [0.717, 1.165) is 5.69 Å². The molecule has 0 aliphatic heterocycles. The molecule has 0 saturated heterocycles. The fraction of sp³-hybridized carbons (Fsp3) is 0.357. The van der Waals surface area contributed by atoms with Crippen molar-refractivity contribution < 1.29 is 19.1 Å². The number of carbonyl (C=O) groups is 3. The van der Waals surface area contributed by atoms with Crippen molar-refractivity contribution in [2.24, 2.45) is 0 Å². The Morgan fingerprint density at radius 3 is 2.47 bits per heavy atom. The fourth-order valence-electron chi connectivity index (χ4n) is 1.49. The lowest BCUT2D eigenvalue weighted by Crippen LogP contribution is -2.20. The van der Waals surface area contributed by atoms with Crippen molar-refractivity contribution in [1.29, 1.82) is 0 Å². The Kier molecular flexibility index (Phi) is 5.23. The lowest BCUT2D eigenvalue weighted by atomic mass is 10.1. The molecule has 5 nitrogen and oxygen atoms in total. The number of ether oxygens (including phenoxy) is 1. The molecule has 0 atom stereocenters. The monoisotopic (exact) mass is 263 g/mol. The summed E-state index contributed by atoms with van der Waals surface area (Å²) in [5, 5.41) is 0. The van der Waals surface area contributed by atoms with E-state index in [4.69, 9.17) is 0 Å². The van der Waals surface area contributed by atoms with E-state index in [9.17, 15) is 14.4 Å². The zero-order chi connectivity index (χ0) is 14.4. The molecule has 0 N–H and O–H groups in total. The van der Waals surface area contributed by atoms with Gasteiger partial charge in [-0.25, -0.2) is 4.79 Å². The van der Waals surface area contributed by atoms with Crippen LogP contribution in [0, 0.1) is 0 Å². The Balaban J connectivity index is 2.76. The summed E-state index contributed by atoms with van der Waals surface area (Å²) in [5.74, 6) is -2.16. The van der Waals surface area contributed by atoms with Crippen molar-refractivity contribution in [1.82, 2.24) is 0 Å². The summed E-state index contributed by atoms with van der Waals surface area (Å²) in [5.41, 5.74) is 1.26. The van der Waals surface area contributed by atoms with Gasteiger partial charge in [-0.05, 0) is 19.1 Å². The molecule has 0 aliphatic rings. The maximum Gasteiger partial charge on any atom is 0.375 e. The quantitative estimate of drug-likeness (QED) is 0.336. The molecule has 0 spiro atoms. The number of Topliss-reactive ketones (excluding diaryl/α,β-unsaturated/α-hetero) is 2. The number of carbonyl (C=O) groups excluding carboxylic acids is 3. The number of anilines is 1. The van der Waals surface area contributed by atoms with Crippen LogP contribution in [-0.4, -0.2) is 38.2 Å². The van der Waals surface area contributed by atoms with Crippen molar-refractivity contribution in [2.75, 3.05) is 25.6 Å². The van der Waals surface area contributed by atoms with Crippen molar-refractivity contribution >= 4 is 23.2 Å². The standard InChI is InChI=1S/C14H17NO4/c1-4-19-14(18)13(17)9-12(16)10-6-5-7-11(8-10)15(2)3/h5-8H,4,9H2,1-3H3. The van der Waals surface area contributed by atoms with Crippen LogP contribution in [0.5, 0.6) is 0 Å². The molecular weight excluding hydrogens is 246 g/mol. The Labute approximate surface area is 112 Å². The summed E-state index contributed by atoms with van der Waals surface area (Å²) in [6.07, 6.45) is -0.463. The molecular formula is C14H17NO4. The zero-order valence-corrected chi connectivity index (χ0v) is 11.3. The van der Waals surface area contributed by atoms with E-state index >= 15 is 0 Å². The van der Waals surface area contributed by atoms with E-state index in [1.54, 1.807) is 25.1 Å². The Morgan fingerprint density at radius 1 is 1.21 bits per heavy atom. The van der Waals surface area contributed by atoms with Crippen LogP contribution in [0.4, 0.5) is 5.69 Å². The average Bonchev–Trinajstić information content (AvgIpc) is 2.39. The number of esters is 1. The smallest absolute Gasteiger partial charge is 0.375 e. The van der Waals surface area contributed by atoms with E-state index in [1.807, 2.05) is 25.1 Å². The minimum absolute atomic E-state index is 0.120. The molecule has 0 bridgehead atoms. The SMILES string of the molecule is CCOC(=O)C(=O)CC(=O)c1cccc(N(C)C)c1. The number of nitrogens with zero attached hydrogens (tertiary/aromatic N) is 1. The maximum atomic E-state index is 11.9. The lowest BCUT2D eigenvalue weighted by Gasteiger charge is -2.12. The Hall–Kier alpha value is -2.17. The fourth-order valence-corrected chi connectivity index (χ4v) is 1.49. The first kappa shape index (κ1) is 14.9. The van der Waals surface area contributed by atoms with Gasteiger partial charge in [0.05, 0.1) is 13.0 Å². The minimum Gasteiger partial charge on any atom is -0.460 e. The van der Waals surface area contributed by atoms with Gasteiger partial charge in [0.15, 0.2) is 5.78 Å². The highest BCUT2D eigenvalue weighted by Crippen LogP contribution is 2.15. The molecule has 1 rings (SSSR count). The molecule has 0 unspecified atom stereocenters. The number of hydrogen-bond donors (Lipinski definition) is 0. The highest BCUT2D eigenvalue weighted by atomic mass is 16.5. The summed E-state index contributed by atoms with van der Waals surface area (Å²) < 4.78 is 4.55. The number of rotatable bonds is 6. The molecule has 0 radical (unpaired) electrons.